The van der Waals surface area contributed by atoms with Crippen LogP contribution in [-0.2, 0) is 10.3 Å². The highest BCUT2D eigenvalue weighted by Gasteiger charge is 2.35. The predicted molar refractivity (Wildman–Crippen MR) is 114 cm³/mol. The maximum absolute atomic E-state index is 14.6. The van der Waals surface area contributed by atoms with E-state index in [2.05, 4.69) is 20.6 Å². The molecular formula is C23H25F3N4O. The Balaban J connectivity index is 1.71. The third-order valence-corrected chi connectivity index (χ3v) is 6.03. The maximum Gasteiger partial charge on any atom is 0.266 e. The number of benzene rings is 1. The van der Waals surface area contributed by atoms with Crippen molar-refractivity contribution in [2.45, 2.75) is 37.8 Å². The van der Waals surface area contributed by atoms with Crippen LogP contribution in [0.3, 0.4) is 0 Å². The summed E-state index contributed by atoms with van der Waals surface area (Å²) in [5.74, 6) is -0.883. The molecule has 3 heterocycles. The Morgan fingerprint density at radius 2 is 1.87 bits per heavy atom. The van der Waals surface area contributed by atoms with Crippen LogP contribution in [0.2, 0.25) is 0 Å². The number of hydrogen-bond donors (Lipinski definition) is 2. The van der Waals surface area contributed by atoms with Crippen LogP contribution < -0.4 is 10.6 Å². The number of nitrogens with one attached hydrogen (secondary N) is 2. The molecule has 0 saturated carbocycles. The van der Waals surface area contributed by atoms with Crippen LogP contribution in [0.15, 0.2) is 42.7 Å². The monoisotopic (exact) mass is 430 g/mol. The number of piperidine rings is 1. The number of nitrogens with zero attached hydrogens (tertiary/aromatic N) is 2. The fourth-order valence-corrected chi connectivity index (χ4v) is 4.20. The number of halogens is 3. The lowest BCUT2D eigenvalue weighted by Gasteiger charge is -2.36. The molecule has 2 aromatic heterocycles. The number of alkyl halides is 2. The second kappa shape index (κ2) is 8.80. The summed E-state index contributed by atoms with van der Waals surface area (Å²) >= 11 is 0. The average molecular weight is 430 g/mol. The first-order valence-corrected chi connectivity index (χ1v) is 10.3. The van der Waals surface area contributed by atoms with E-state index in [1.165, 1.54) is 12.1 Å². The van der Waals surface area contributed by atoms with Crippen molar-refractivity contribution in [1.82, 2.24) is 15.3 Å². The molecule has 1 atom stereocenters. The Bertz CT molecular complexity index is 1070. The van der Waals surface area contributed by atoms with E-state index in [9.17, 15) is 13.2 Å². The third kappa shape index (κ3) is 4.09. The van der Waals surface area contributed by atoms with E-state index < -0.39 is 29.4 Å². The van der Waals surface area contributed by atoms with Crippen LogP contribution >= 0.6 is 0 Å². The van der Waals surface area contributed by atoms with Crippen molar-refractivity contribution < 1.29 is 17.9 Å². The van der Waals surface area contributed by atoms with Gasteiger partial charge in [0, 0.05) is 29.9 Å². The first kappa shape index (κ1) is 21.5. The quantitative estimate of drug-likeness (QED) is 0.570. The van der Waals surface area contributed by atoms with Crippen molar-refractivity contribution in [3.8, 4) is 0 Å². The summed E-state index contributed by atoms with van der Waals surface area (Å²) in [4.78, 5) is 8.99. The number of aromatic nitrogens is 2. The SMILES string of the molecule is COC1(c2cc3c(N[C@H](C)c4cccc(C(F)F)c4F)ccnc3cn2)CCNCC1. The fourth-order valence-electron chi connectivity index (χ4n) is 4.20. The molecule has 0 aliphatic carbocycles. The van der Waals surface area contributed by atoms with Gasteiger partial charge in [-0.05, 0) is 45.0 Å². The molecule has 1 saturated heterocycles. The topological polar surface area (TPSA) is 59.1 Å². The lowest BCUT2D eigenvalue weighted by atomic mass is 9.87. The third-order valence-electron chi connectivity index (χ3n) is 6.03. The van der Waals surface area contributed by atoms with E-state index in [0.717, 1.165) is 48.8 Å². The van der Waals surface area contributed by atoms with Crippen LogP contribution in [0.25, 0.3) is 10.9 Å². The van der Waals surface area contributed by atoms with Gasteiger partial charge in [0.05, 0.1) is 29.0 Å². The van der Waals surface area contributed by atoms with Gasteiger partial charge in [-0.2, -0.15) is 0 Å². The standard InChI is InChI=1S/C23H25F3N4O/c1-14(15-4-3-5-16(21(15)24)22(25)26)30-18-6-9-28-19-13-29-20(12-17(18)19)23(31-2)7-10-27-11-8-23/h3-6,9,12-14,22,27H,7-8,10-11H2,1-2H3,(H,28,30)/t14-/m1/s1. The summed E-state index contributed by atoms with van der Waals surface area (Å²) < 4.78 is 46.7. The normalized spacial score (nSPS) is 17.1. The number of hydrogen-bond acceptors (Lipinski definition) is 5. The van der Waals surface area contributed by atoms with Gasteiger partial charge in [-0.25, -0.2) is 13.2 Å². The van der Waals surface area contributed by atoms with E-state index in [0.29, 0.717) is 5.52 Å². The highest BCUT2D eigenvalue weighted by molar-refractivity contribution is 5.91. The summed E-state index contributed by atoms with van der Waals surface area (Å²) in [7, 11) is 1.69. The zero-order chi connectivity index (χ0) is 22.0. The Labute approximate surface area is 179 Å². The van der Waals surface area contributed by atoms with E-state index in [4.69, 9.17) is 4.74 Å². The molecule has 31 heavy (non-hydrogen) atoms. The fraction of sp³-hybridized carbons (Fsp3) is 0.391. The lowest BCUT2D eigenvalue weighted by Crippen LogP contribution is -2.41. The molecule has 1 aliphatic rings. The van der Waals surface area contributed by atoms with Gasteiger partial charge >= 0.3 is 0 Å². The summed E-state index contributed by atoms with van der Waals surface area (Å²) in [5.41, 5.74) is 1.34. The lowest BCUT2D eigenvalue weighted by molar-refractivity contribution is -0.0424. The molecule has 5 nitrogen and oxygen atoms in total. The van der Waals surface area contributed by atoms with E-state index in [-0.39, 0.29) is 5.56 Å². The molecule has 0 spiro atoms. The Kier molecular flexibility index (Phi) is 6.11. The molecule has 1 aliphatic heterocycles. The molecule has 0 radical (unpaired) electrons. The Hall–Kier alpha value is -2.71. The minimum atomic E-state index is -2.86. The minimum Gasteiger partial charge on any atom is -0.378 e. The average Bonchev–Trinajstić information content (AvgIpc) is 2.79. The van der Waals surface area contributed by atoms with Crippen molar-refractivity contribution in [2.24, 2.45) is 0 Å². The summed E-state index contributed by atoms with van der Waals surface area (Å²) in [6.07, 6.45) is 2.08. The van der Waals surface area contributed by atoms with Crippen LogP contribution in [0.1, 0.15) is 49.1 Å². The summed E-state index contributed by atoms with van der Waals surface area (Å²) in [6, 6.07) is 7.29. The van der Waals surface area contributed by atoms with Gasteiger partial charge in [0.1, 0.15) is 11.4 Å². The van der Waals surface area contributed by atoms with Crippen molar-refractivity contribution in [2.75, 3.05) is 25.5 Å². The largest absolute Gasteiger partial charge is 0.378 e. The van der Waals surface area contributed by atoms with Crippen molar-refractivity contribution in [3.05, 3.63) is 65.4 Å². The molecule has 164 valence electrons. The van der Waals surface area contributed by atoms with Gasteiger partial charge in [0.15, 0.2) is 0 Å². The molecule has 0 bridgehead atoms. The summed E-state index contributed by atoms with van der Waals surface area (Å²) in [5, 5.41) is 7.41. The van der Waals surface area contributed by atoms with E-state index in [1.807, 2.05) is 6.07 Å². The number of rotatable bonds is 6. The van der Waals surface area contributed by atoms with Crippen LogP contribution in [-0.4, -0.2) is 30.2 Å². The van der Waals surface area contributed by atoms with Crippen LogP contribution in [0.4, 0.5) is 18.9 Å². The molecule has 3 aromatic rings. The van der Waals surface area contributed by atoms with Crippen molar-refractivity contribution >= 4 is 16.6 Å². The number of pyridine rings is 2. The van der Waals surface area contributed by atoms with E-state index in [1.54, 1.807) is 32.5 Å². The highest BCUT2D eigenvalue weighted by Crippen LogP contribution is 2.36. The first-order valence-electron chi connectivity index (χ1n) is 10.3. The molecule has 0 unspecified atom stereocenters. The molecule has 2 N–H and O–H groups in total. The highest BCUT2D eigenvalue weighted by atomic mass is 19.3. The second-order valence-corrected chi connectivity index (χ2v) is 7.81. The van der Waals surface area contributed by atoms with Crippen molar-refractivity contribution in [3.63, 3.8) is 0 Å². The molecule has 8 heteroatoms. The Morgan fingerprint density at radius 3 is 2.58 bits per heavy atom. The zero-order valence-electron chi connectivity index (χ0n) is 17.5. The number of methoxy groups -OCH3 is 1. The number of fused-ring (bicyclic) bond motifs is 1. The smallest absolute Gasteiger partial charge is 0.266 e. The molecule has 0 amide bonds. The molecule has 1 aromatic carbocycles. The van der Waals surface area contributed by atoms with Gasteiger partial charge in [0.25, 0.3) is 6.43 Å². The minimum absolute atomic E-state index is 0.184. The molecule has 1 fully saturated rings. The van der Waals surface area contributed by atoms with Crippen LogP contribution in [0.5, 0.6) is 0 Å². The Morgan fingerprint density at radius 1 is 1.13 bits per heavy atom. The number of ether oxygens (including phenoxy) is 1. The summed E-state index contributed by atoms with van der Waals surface area (Å²) in [6.45, 7) is 3.41. The second-order valence-electron chi connectivity index (χ2n) is 7.81. The predicted octanol–water partition coefficient (Wildman–Crippen LogP) is 5.10. The molecular weight excluding hydrogens is 405 g/mol. The first-order chi connectivity index (χ1) is 14.9. The van der Waals surface area contributed by atoms with Gasteiger partial charge in [-0.3, -0.25) is 9.97 Å². The van der Waals surface area contributed by atoms with Gasteiger partial charge < -0.3 is 15.4 Å². The van der Waals surface area contributed by atoms with Crippen LogP contribution in [0, 0.1) is 5.82 Å². The van der Waals surface area contributed by atoms with Crippen molar-refractivity contribution in [1.29, 1.82) is 0 Å². The van der Waals surface area contributed by atoms with Gasteiger partial charge in [-0.1, -0.05) is 18.2 Å². The van der Waals surface area contributed by atoms with E-state index >= 15 is 0 Å². The number of anilines is 1. The van der Waals surface area contributed by atoms with Gasteiger partial charge in [-0.15, -0.1) is 0 Å². The van der Waals surface area contributed by atoms with Gasteiger partial charge in [0.2, 0.25) is 0 Å². The maximum atomic E-state index is 14.6. The zero-order valence-corrected chi connectivity index (χ0v) is 17.5. The molecule has 4 rings (SSSR count).